The first-order chi connectivity index (χ1) is 11.8. The second-order valence-electron chi connectivity index (χ2n) is 5.81. The molecule has 0 spiro atoms. The molecule has 1 aliphatic rings. The first kappa shape index (κ1) is 15.1. The minimum atomic E-state index is 0.770. The summed E-state index contributed by atoms with van der Waals surface area (Å²) >= 11 is 3.45. The third-order valence-corrected chi connectivity index (χ3v) is 4.70. The number of halogens is 1. The van der Waals surface area contributed by atoms with Crippen molar-refractivity contribution < 1.29 is 0 Å². The molecule has 3 aromatic rings. The zero-order valence-electron chi connectivity index (χ0n) is 13.1. The fourth-order valence-corrected chi connectivity index (χ4v) is 3.18. The minimum Gasteiger partial charge on any atom is -0.340 e. The third-order valence-electron chi connectivity index (χ3n) is 4.17. The molecule has 0 radical (unpaired) electrons. The predicted molar refractivity (Wildman–Crippen MR) is 101 cm³/mol. The number of nitrogens with one attached hydrogen (secondary N) is 1. The third kappa shape index (κ3) is 3.26. The van der Waals surface area contributed by atoms with E-state index >= 15 is 0 Å². The van der Waals surface area contributed by atoms with Crippen molar-refractivity contribution in [1.29, 1.82) is 0 Å². The normalized spacial score (nSPS) is 13.5. The molecule has 4 nitrogen and oxygen atoms in total. The molecule has 4 rings (SSSR count). The molecule has 1 N–H and O–H groups in total. The number of fused-ring (bicyclic) bond motifs is 1. The lowest BCUT2D eigenvalue weighted by molar-refractivity contribution is 0.708. The van der Waals surface area contributed by atoms with Crippen LogP contribution in [-0.4, -0.2) is 16.5 Å². The lowest BCUT2D eigenvalue weighted by Crippen LogP contribution is -2.31. The predicted octanol–water partition coefficient (Wildman–Crippen LogP) is 4.55. The van der Waals surface area contributed by atoms with Gasteiger partial charge in [0.25, 0.3) is 0 Å². The Kier molecular flexibility index (Phi) is 4.17. The topological polar surface area (TPSA) is 41.1 Å². The number of benzene rings is 2. The fraction of sp³-hybridized carbons (Fsp3) is 0.158. The maximum absolute atomic E-state index is 4.68. The SMILES string of the molecule is Brc1ccc(Nc2ccnc(N3CCc4ccccc4C3)n2)cc1. The van der Waals surface area contributed by atoms with E-state index in [0.29, 0.717) is 0 Å². The summed E-state index contributed by atoms with van der Waals surface area (Å²) in [5.74, 6) is 1.58. The van der Waals surface area contributed by atoms with Crippen LogP contribution in [0.2, 0.25) is 0 Å². The number of hydrogen-bond acceptors (Lipinski definition) is 4. The molecule has 2 aromatic carbocycles. The van der Waals surface area contributed by atoms with Crippen molar-refractivity contribution >= 4 is 33.4 Å². The van der Waals surface area contributed by atoms with Gasteiger partial charge in [0.15, 0.2) is 0 Å². The van der Waals surface area contributed by atoms with E-state index in [0.717, 1.165) is 41.4 Å². The van der Waals surface area contributed by atoms with Crippen LogP contribution >= 0.6 is 15.9 Å². The van der Waals surface area contributed by atoms with Gasteiger partial charge in [-0.05, 0) is 47.9 Å². The first-order valence-corrected chi connectivity index (χ1v) is 8.74. The van der Waals surface area contributed by atoms with Gasteiger partial charge < -0.3 is 10.2 Å². The summed E-state index contributed by atoms with van der Waals surface area (Å²) in [6.45, 7) is 1.80. The van der Waals surface area contributed by atoms with Gasteiger partial charge in [-0.1, -0.05) is 40.2 Å². The Hall–Kier alpha value is -2.40. The molecule has 0 saturated carbocycles. The van der Waals surface area contributed by atoms with Crippen molar-refractivity contribution in [3.8, 4) is 0 Å². The summed E-state index contributed by atoms with van der Waals surface area (Å²) in [6.07, 6.45) is 2.84. The van der Waals surface area contributed by atoms with Gasteiger partial charge in [-0.15, -0.1) is 0 Å². The Labute approximate surface area is 149 Å². The zero-order chi connectivity index (χ0) is 16.4. The van der Waals surface area contributed by atoms with E-state index in [1.807, 2.05) is 36.5 Å². The smallest absolute Gasteiger partial charge is 0.227 e. The molecule has 5 heteroatoms. The Morgan fingerprint density at radius 1 is 0.958 bits per heavy atom. The van der Waals surface area contributed by atoms with Crippen molar-refractivity contribution in [3.63, 3.8) is 0 Å². The average Bonchev–Trinajstić information content (AvgIpc) is 2.63. The number of hydrogen-bond donors (Lipinski definition) is 1. The summed E-state index contributed by atoms with van der Waals surface area (Å²) in [4.78, 5) is 11.4. The van der Waals surface area contributed by atoms with E-state index < -0.39 is 0 Å². The summed E-state index contributed by atoms with van der Waals surface area (Å²) in [6, 6.07) is 18.5. The van der Waals surface area contributed by atoms with E-state index in [1.54, 1.807) is 0 Å². The van der Waals surface area contributed by atoms with Gasteiger partial charge >= 0.3 is 0 Å². The lowest BCUT2D eigenvalue weighted by atomic mass is 10.0. The minimum absolute atomic E-state index is 0.770. The molecule has 24 heavy (non-hydrogen) atoms. The summed E-state index contributed by atoms with van der Waals surface area (Å²) in [7, 11) is 0. The molecular formula is C19H17BrN4. The first-order valence-electron chi connectivity index (χ1n) is 7.95. The Bertz CT molecular complexity index is 848. The van der Waals surface area contributed by atoms with Crippen LogP contribution in [0.15, 0.2) is 65.3 Å². The molecule has 0 unspecified atom stereocenters. The van der Waals surface area contributed by atoms with E-state index in [9.17, 15) is 0 Å². The molecule has 0 aliphatic carbocycles. The summed E-state index contributed by atoms with van der Waals surface area (Å²) < 4.78 is 1.06. The van der Waals surface area contributed by atoms with Crippen molar-refractivity contribution in [2.75, 3.05) is 16.8 Å². The van der Waals surface area contributed by atoms with Crippen LogP contribution in [0.1, 0.15) is 11.1 Å². The molecule has 0 fully saturated rings. The monoisotopic (exact) mass is 380 g/mol. The molecule has 120 valence electrons. The largest absolute Gasteiger partial charge is 0.340 e. The number of rotatable bonds is 3. The van der Waals surface area contributed by atoms with Crippen LogP contribution in [0, 0.1) is 0 Å². The van der Waals surface area contributed by atoms with Crippen molar-refractivity contribution in [2.45, 2.75) is 13.0 Å². The Balaban J connectivity index is 1.54. The number of aromatic nitrogens is 2. The Morgan fingerprint density at radius 2 is 1.75 bits per heavy atom. The molecule has 0 amide bonds. The molecule has 1 aromatic heterocycles. The highest BCUT2D eigenvalue weighted by atomic mass is 79.9. The maximum atomic E-state index is 4.68. The highest BCUT2D eigenvalue weighted by Gasteiger charge is 2.18. The van der Waals surface area contributed by atoms with Crippen molar-refractivity contribution in [3.05, 3.63) is 76.4 Å². The van der Waals surface area contributed by atoms with Gasteiger partial charge in [-0.2, -0.15) is 4.98 Å². The average molecular weight is 381 g/mol. The summed E-state index contributed by atoms with van der Waals surface area (Å²) in [5.41, 5.74) is 3.79. The van der Waals surface area contributed by atoms with Gasteiger partial charge in [0.2, 0.25) is 5.95 Å². The van der Waals surface area contributed by atoms with E-state index in [1.165, 1.54) is 11.1 Å². The Morgan fingerprint density at radius 3 is 2.58 bits per heavy atom. The van der Waals surface area contributed by atoms with Gasteiger partial charge in [-0.25, -0.2) is 4.98 Å². The standard InChI is InChI=1S/C19H17BrN4/c20-16-5-7-17(8-6-16)22-18-9-11-21-19(23-18)24-12-10-14-3-1-2-4-15(14)13-24/h1-9,11H,10,12-13H2,(H,21,22,23). The van der Waals surface area contributed by atoms with Crippen LogP contribution in [0.5, 0.6) is 0 Å². The molecule has 0 bridgehead atoms. The van der Waals surface area contributed by atoms with Crippen LogP contribution < -0.4 is 10.2 Å². The zero-order valence-corrected chi connectivity index (χ0v) is 14.7. The second-order valence-corrected chi connectivity index (χ2v) is 6.73. The second kappa shape index (κ2) is 6.61. The molecule has 1 aliphatic heterocycles. The van der Waals surface area contributed by atoms with Gasteiger partial charge in [-0.3, -0.25) is 0 Å². The van der Waals surface area contributed by atoms with Crippen LogP contribution in [0.3, 0.4) is 0 Å². The molecule has 0 saturated heterocycles. The lowest BCUT2D eigenvalue weighted by Gasteiger charge is -2.28. The fourth-order valence-electron chi connectivity index (χ4n) is 2.92. The van der Waals surface area contributed by atoms with Crippen molar-refractivity contribution in [2.24, 2.45) is 0 Å². The van der Waals surface area contributed by atoms with Crippen LogP contribution in [0.4, 0.5) is 17.5 Å². The highest BCUT2D eigenvalue weighted by Crippen LogP contribution is 2.23. The van der Waals surface area contributed by atoms with Crippen LogP contribution in [-0.2, 0) is 13.0 Å². The van der Waals surface area contributed by atoms with Gasteiger partial charge in [0, 0.05) is 29.4 Å². The number of anilines is 3. The van der Waals surface area contributed by atoms with E-state index in [2.05, 4.69) is 60.4 Å². The van der Waals surface area contributed by atoms with Crippen molar-refractivity contribution in [1.82, 2.24) is 9.97 Å². The van der Waals surface area contributed by atoms with Gasteiger partial charge in [0.05, 0.1) is 0 Å². The van der Waals surface area contributed by atoms with E-state index in [4.69, 9.17) is 0 Å². The van der Waals surface area contributed by atoms with Crippen LogP contribution in [0.25, 0.3) is 0 Å². The molecule has 2 heterocycles. The van der Waals surface area contributed by atoms with E-state index in [-0.39, 0.29) is 0 Å². The summed E-state index contributed by atoms with van der Waals surface area (Å²) in [5, 5.41) is 3.33. The molecule has 0 atom stereocenters. The highest BCUT2D eigenvalue weighted by molar-refractivity contribution is 9.10. The number of nitrogens with zero attached hydrogens (tertiary/aromatic N) is 3. The molecular weight excluding hydrogens is 364 g/mol. The van der Waals surface area contributed by atoms with Gasteiger partial charge in [0.1, 0.15) is 5.82 Å². The quantitative estimate of drug-likeness (QED) is 0.723. The maximum Gasteiger partial charge on any atom is 0.227 e.